The van der Waals surface area contributed by atoms with Crippen LogP contribution in [0.15, 0.2) is 18.2 Å². The summed E-state index contributed by atoms with van der Waals surface area (Å²) in [6.45, 7) is 8.99. The van der Waals surface area contributed by atoms with E-state index in [9.17, 15) is 0 Å². The quantitative estimate of drug-likeness (QED) is 0.870. The molecule has 3 rings (SSSR count). The first kappa shape index (κ1) is 15.9. The molecule has 1 aliphatic heterocycles. The molecule has 1 N–H and O–H groups in total. The van der Waals surface area contributed by atoms with Crippen LogP contribution in [0.25, 0.3) is 10.9 Å². The first-order valence-corrected chi connectivity index (χ1v) is 8.36. The minimum atomic E-state index is 0.718. The second kappa shape index (κ2) is 6.26. The monoisotopic (exact) mass is 315 g/mol. The third-order valence-corrected chi connectivity index (χ3v) is 4.78. The Morgan fingerprint density at radius 3 is 2.26 bits per heavy atom. The minimum Gasteiger partial charge on any atom is -0.496 e. The van der Waals surface area contributed by atoms with Crippen molar-refractivity contribution in [3.05, 3.63) is 23.8 Å². The first-order chi connectivity index (χ1) is 11.0. The van der Waals surface area contributed by atoms with Gasteiger partial charge in [0.1, 0.15) is 5.75 Å². The fourth-order valence-corrected chi connectivity index (χ4v) is 3.89. The van der Waals surface area contributed by atoms with Gasteiger partial charge < -0.3 is 9.47 Å². The molecule has 0 bridgehead atoms. The third-order valence-electron chi connectivity index (χ3n) is 4.78. The van der Waals surface area contributed by atoms with Gasteiger partial charge in [0.15, 0.2) is 11.3 Å². The molecular formula is C19H27N2O2+. The topological polar surface area (TPSA) is 35.8 Å². The molecule has 23 heavy (non-hydrogen) atoms. The maximum atomic E-state index is 5.56. The highest BCUT2D eigenvalue weighted by molar-refractivity contribution is 5.91. The number of hydrogen-bond donors (Lipinski definition) is 0. The molecule has 1 aliphatic rings. The first-order valence-electron chi connectivity index (χ1n) is 8.36. The Kier molecular flexibility index (Phi) is 4.33. The van der Waals surface area contributed by atoms with Crippen LogP contribution in [0.3, 0.4) is 0 Å². The van der Waals surface area contributed by atoms with E-state index < -0.39 is 0 Å². The number of H-pyrrole nitrogens is 1. The molecule has 4 heteroatoms. The lowest BCUT2D eigenvalue weighted by atomic mass is 9.92. The van der Waals surface area contributed by atoms with Gasteiger partial charge in [0, 0.05) is 6.07 Å². The Morgan fingerprint density at radius 1 is 1.04 bits per heavy atom. The van der Waals surface area contributed by atoms with Gasteiger partial charge in [0.25, 0.3) is 5.82 Å². The third kappa shape index (κ3) is 2.94. The number of nitrogens with zero attached hydrogens (tertiary/aromatic N) is 1. The van der Waals surface area contributed by atoms with Crippen LogP contribution in [-0.2, 0) is 0 Å². The summed E-state index contributed by atoms with van der Waals surface area (Å²) < 4.78 is 11.1. The number of aromatic amines is 1. The predicted molar refractivity (Wildman–Crippen MR) is 93.5 cm³/mol. The SMILES string of the molecule is COc1ccc(OC)c2c(C)cc(N3C[C@H](C)C[C@H](C)C3)[nH+]c12. The van der Waals surface area contributed by atoms with Crippen molar-refractivity contribution in [1.29, 1.82) is 0 Å². The molecule has 0 aliphatic carbocycles. The van der Waals surface area contributed by atoms with E-state index >= 15 is 0 Å². The molecule has 0 unspecified atom stereocenters. The van der Waals surface area contributed by atoms with Crippen LogP contribution in [0.1, 0.15) is 25.8 Å². The molecular weight excluding hydrogens is 288 g/mol. The van der Waals surface area contributed by atoms with Crippen LogP contribution < -0.4 is 19.4 Å². The van der Waals surface area contributed by atoms with E-state index in [1.54, 1.807) is 14.2 Å². The highest BCUT2D eigenvalue weighted by atomic mass is 16.5. The van der Waals surface area contributed by atoms with Gasteiger partial charge in [-0.25, -0.2) is 4.98 Å². The van der Waals surface area contributed by atoms with Crippen LogP contribution >= 0.6 is 0 Å². The summed E-state index contributed by atoms with van der Waals surface area (Å²) in [6.07, 6.45) is 1.31. The van der Waals surface area contributed by atoms with E-state index in [4.69, 9.17) is 9.47 Å². The van der Waals surface area contributed by atoms with E-state index in [0.29, 0.717) is 0 Å². The molecule has 2 heterocycles. The molecule has 1 aromatic heterocycles. The number of nitrogens with one attached hydrogen (secondary N) is 1. The summed E-state index contributed by atoms with van der Waals surface area (Å²) >= 11 is 0. The van der Waals surface area contributed by atoms with Crippen molar-refractivity contribution < 1.29 is 14.5 Å². The lowest BCUT2D eigenvalue weighted by Gasteiger charge is -2.30. The molecule has 1 saturated heterocycles. The molecule has 4 nitrogen and oxygen atoms in total. The van der Waals surface area contributed by atoms with Gasteiger partial charge in [-0.05, 0) is 42.9 Å². The number of methoxy groups -OCH3 is 2. The van der Waals surface area contributed by atoms with E-state index in [1.165, 1.54) is 17.8 Å². The summed E-state index contributed by atoms with van der Waals surface area (Å²) in [5.74, 6) is 4.33. The zero-order valence-electron chi connectivity index (χ0n) is 14.8. The zero-order valence-corrected chi connectivity index (χ0v) is 14.8. The standard InChI is InChI=1S/C19H26N2O2/c1-12-8-13(2)11-21(10-12)17-9-14(3)18-15(22-4)6-7-16(23-5)19(18)20-17/h6-7,9,12-13H,8,10-11H2,1-5H3/p+1/t12-,13+. The van der Waals surface area contributed by atoms with E-state index in [-0.39, 0.29) is 0 Å². The van der Waals surface area contributed by atoms with E-state index in [1.807, 2.05) is 12.1 Å². The van der Waals surface area contributed by atoms with Crippen LogP contribution in [0.2, 0.25) is 0 Å². The Labute approximate surface area is 138 Å². The van der Waals surface area contributed by atoms with Crippen molar-refractivity contribution in [2.45, 2.75) is 27.2 Å². The second-order valence-corrected chi connectivity index (χ2v) is 6.91. The number of ether oxygens (including phenoxy) is 2. The average Bonchev–Trinajstić information content (AvgIpc) is 2.52. The molecule has 2 aromatic rings. The van der Waals surface area contributed by atoms with Gasteiger partial charge in [-0.2, -0.15) is 0 Å². The van der Waals surface area contributed by atoms with E-state index in [0.717, 1.165) is 47.3 Å². The Morgan fingerprint density at radius 2 is 1.65 bits per heavy atom. The number of pyridine rings is 1. The van der Waals surface area contributed by atoms with Gasteiger partial charge >= 0.3 is 0 Å². The van der Waals surface area contributed by atoms with Crippen molar-refractivity contribution in [3.63, 3.8) is 0 Å². The number of aromatic nitrogens is 1. The lowest BCUT2D eigenvalue weighted by Crippen LogP contribution is -2.41. The predicted octanol–water partition coefficient (Wildman–Crippen LogP) is 3.46. The summed E-state index contributed by atoms with van der Waals surface area (Å²) in [5.41, 5.74) is 2.21. The van der Waals surface area contributed by atoms with Crippen LogP contribution in [0.4, 0.5) is 5.82 Å². The van der Waals surface area contributed by atoms with Crippen molar-refractivity contribution in [1.82, 2.24) is 0 Å². The fraction of sp³-hybridized carbons (Fsp3) is 0.526. The van der Waals surface area contributed by atoms with Gasteiger partial charge in [0.05, 0.1) is 32.7 Å². The second-order valence-electron chi connectivity index (χ2n) is 6.91. The molecule has 1 aromatic carbocycles. The Balaban J connectivity index is 2.13. The summed E-state index contributed by atoms with van der Waals surface area (Å²) in [7, 11) is 3.42. The van der Waals surface area contributed by atoms with E-state index in [2.05, 4.69) is 36.7 Å². The number of fused-ring (bicyclic) bond motifs is 1. The lowest BCUT2D eigenvalue weighted by molar-refractivity contribution is -0.331. The van der Waals surface area contributed by atoms with Gasteiger partial charge in [-0.3, -0.25) is 4.90 Å². The number of anilines is 1. The highest BCUT2D eigenvalue weighted by Gasteiger charge is 2.29. The number of piperidine rings is 1. The van der Waals surface area contributed by atoms with Gasteiger partial charge in [0.2, 0.25) is 0 Å². The molecule has 1 fully saturated rings. The van der Waals surface area contributed by atoms with Crippen LogP contribution in [-0.4, -0.2) is 27.3 Å². The molecule has 124 valence electrons. The molecule has 0 spiro atoms. The maximum Gasteiger partial charge on any atom is 0.275 e. The largest absolute Gasteiger partial charge is 0.496 e. The minimum absolute atomic E-state index is 0.718. The molecule has 0 radical (unpaired) electrons. The van der Waals surface area contributed by atoms with Crippen LogP contribution in [0, 0.1) is 18.8 Å². The van der Waals surface area contributed by atoms with Crippen LogP contribution in [0.5, 0.6) is 11.5 Å². The fourth-order valence-electron chi connectivity index (χ4n) is 3.89. The summed E-state index contributed by atoms with van der Waals surface area (Å²) in [4.78, 5) is 6.06. The normalized spacial score (nSPS) is 21.5. The van der Waals surface area contributed by atoms with Crippen molar-refractivity contribution in [2.75, 3.05) is 32.2 Å². The summed E-state index contributed by atoms with van der Waals surface area (Å²) in [6, 6.07) is 6.16. The smallest absolute Gasteiger partial charge is 0.275 e. The molecule has 2 atom stereocenters. The van der Waals surface area contributed by atoms with Crippen molar-refractivity contribution >= 4 is 16.7 Å². The Bertz CT molecular complexity index is 704. The number of benzene rings is 1. The number of rotatable bonds is 3. The molecule has 0 amide bonds. The average molecular weight is 315 g/mol. The zero-order chi connectivity index (χ0) is 16.6. The number of aryl methyl sites for hydroxylation is 1. The summed E-state index contributed by atoms with van der Waals surface area (Å²) in [5, 5.41) is 1.09. The van der Waals surface area contributed by atoms with Crippen molar-refractivity contribution in [2.24, 2.45) is 11.8 Å². The highest BCUT2D eigenvalue weighted by Crippen LogP contribution is 2.34. The number of hydrogen-bond acceptors (Lipinski definition) is 3. The van der Waals surface area contributed by atoms with Gasteiger partial charge in [-0.15, -0.1) is 0 Å². The maximum absolute atomic E-state index is 5.56. The van der Waals surface area contributed by atoms with Gasteiger partial charge in [-0.1, -0.05) is 13.8 Å². The Hall–Kier alpha value is -1.97. The molecule has 0 saturated carbocycles. The van der Waals surface area contributed by atoms with Crippen molar-refractivity contribution in [3.8, 4) is 11.5 Å².